The van der Waals surface area contributed by atoms with Crippen molar-refractivity contribution in [3.63, 3.8) is 0 Å². The van der Waals surface area contributed by atoms with E-state index in [1.807, 2.05) is 13.0 Å². The Hall–Kier alpha value is -2.46. The summed E-state index contributed by atoms with van der Waals surface area (Å²) < 4.78 is 31.9. The van der Waals surface area contributed by atoms with E-state index in [-0.39, 0.29) is 30.1 Å². The Morgan fingerprint density at radius 2 is 2.12 bits per heavy atom. The van der Waals surface area contributed by atoms with Crippen molar-refractivity contribution in [3.05, 3.63) is 41.1 Å². The first kappa shape index (κ1) is 17.4. The van der Waals surface area contributed by atoms with Crippen LogP contribution in [0.15, 0.2) is 33.8 Å². The largest absolute Gasteiger partial charge is 0.380 e. The summed E-state index contributed by atoms with van der Waals surface area (Å²) in [4.78, 5) is 13.0. The Bertz CT molecular complexity index is 949. The number of nitrogens with zero attached hydrogens (tertiary/aromatic N) is 4. The summed E-state index contributed by atoms with van der Waals surface area (Å²) in [5, 5.41) is 12.6. The minimum absolute atomic E-state index is 0.00629. The van der Waals surface area contributed by atoms with Crippen LogP contribution in [-0.2, 0) is 14.8 Å². The van der Waals surface area contributed by atoms with Crippen molar-refractivity contribution in [1.82, 2.24) is 9.58 Å². The molecule has 1 unspecified atom stereocenters. The Balaban J connectivity index is 1.87. The molecule has 0 amide bonds. The molecular formula is C15H19N5O4S. The Kier molecular flexibility index (Phi) is 4.48. The molecule has 3 rings (SSSR count). The lowest BCUT2D eigenvalue weighted by Gasteiger charge is -2.38. The summed E-state index contributed by atoms with van der Waals surface area (Å²) in [6, 6.07) is 4.46. The van der Waals surface area contributed by atoms with Crippen molar-refractivity contribution >= 4 is 16.3 Å². The molecule has 1 aromatic heterocycles. The fraction of sp³-hybridized carbons (Fsp3) is 0.400. The van der Waals surface area contributed by atoms with Gasteiger partial charge in [0.1, 0.15) is 6.29 Å². The van der Waals surface area contributed by atoms with Gasteiger partial charge in [0.05, 0.1) is 10.9 Å². The van der Waals surface area contributed by atoms with Crippen LogP contribution in [0.25, 0.3) is 0 Å². The van der Waals surface area contributed by atoms with E-state index in [9.17, 15) is 13.2 Å². The zero-order chi connectivity index (χ0) is 18.2. The van der Waals surface area contributed by atoms with Gasteiger partial charge in [-0.05, 0) is 30.7 Å². The zero-order valence-electron chi connectivity index (χ0n) is 13.9. The molecule has 2 heterocycles. The molecule has 0 aliphatic carbocycles. The van der Waals surface area contributed by atoms with Crippen LogP contribution in [0.1, 0.15) is 11.1 Å². The van der Waals surface area contributed by atoms with Crippen LogP contribution < -0.4 is 20.6 Å². The molecule has 134 valence electrons. The standard InChI is InChI=1S/C15H19N5O4S/c1-11-3-4-14(12(2)7-11)25(22,23)18-5-6-19(13(8-18)10-21)20-9-15(16)24-17-20/h3-4,7,9-10,13,16H,5-6,8H2,1-2H3. The molecule has 9 nitrogen and oxygen atoms in total. The van der Waals surface area contributed by atoms with Crippen molar-refractivity contribution in [2.75, 3.05) is 24.6 Å². The van der Waals surface area contributed by atoms with E-state index in [2.05, 4.69) is 5.27 Å². The molecule has 0 saturated carbocycles. The van der Waals surface area contributed by atoms with E-state index in [0.717, 1.165) is 5.56 Å². The number of hydrogen-bond acceptors (Lipinski definition) is 6. The summed E-state index contributed by atoms with van der Waals surface area (Å²) in [6.45, 7) is 4.12. The molecule has 1 aliphatic heterocycles. The number of benzene rings is 1. The van der Waals surface area contributed by atoms with Crippen LogP contribution in [0.5, 0.6) is 0 Å². The van der Waals surface area contributed by atoms with E-state index in [4.69, 9.17) is 9.93 Å². The quantitative estimate of drug-likeness (QED) is 0.540. The molecule has 1 atom stereocenters. The van der Waals surface area contributed by atoms with Crippen molar-refractivity contribution in [2.24, 2.45) is 0 Å². The van der Waals surface area contributed by atoms with Crippen molar-refractivity contribution < 1.29 is 22.5 Å². The third-order valence-corrected chi connectivity index (χ3v) is 6.20. The topological polar surface area (TPSA) is 113 Å². The highest BCUT2D eigenvalue weighted by molar-refractivity contribution is 7.89. The van der Waals surface area contributed by atoms with E-state index in [0.29, 0.717) is 11.8 Å². The number of aldehydes is 1. The van der Waals surface area contributed by atoms with Gasteiger partial charge in [-0.3, -0.25) is 10.4 Å². The first-order valence-electron chi connectivity index (χ1n) is 7.73. The van der Waals surface area contributed by atoms with E-state index < -0.39 is 16.1 Å². The van der Waals surface area contributed by atoms with Gasteiger partial charge in [0.2, 0.25) is 10.0 Å². The van der Waals surface area contributed by atoms with Crippen LogP contribution >= 0.6 is 0 Å². The SMILES string of the molecule is Cc1ccc(S(=O)(=O)N2CCN([n+]3cc(=N)o[n-]3)C(C=O)C2)c(C)c1. The molecule has 1 aromatic carbocycles. The molecule has 1 N–H and O–H groups in total. The fourth-order valence-corrected chi connectivity index (χ4v) is 4.60. The second-order valence-corrected chi connectivity index (χ2v) is 7.89. The fourth-order valence-electron chi connectivity index (χ4n) is 2.95. The summed E-state index contributed by atoms with van der Waals surface area (Å²) in [5.74, 6) is 0. The van der Waals surface area contributed by atoms with Gasteiger partial charge in [0.25, 0.3) is 11.8 Å². The van der Waals surface area contributed by atoms with Crippen LogP contribution in [-0.4, -0.2) is 44.7 Å². The number of piperazine rings is 1. The molecule has 0 radical (unpaired) electrons. The highest BCUT2D eigenvalue weighted by atomic mass is 32.2. The first-order valence-corrected chi connectivity index (χ1v) is 9.17. The summed E-state index contributed by atoms with van der Waals surface area (Å²) in [7, 11) is -3.70. The number of nitrogens with one attached hydrogen (secondary N) is 1. The predicted octanol–water partition coefficient (Wildman–Crippen LogP) is -1.17. The minimum atomic E-state index is -3.70. The number of aryl methyl sites for hydroxylation is 2. The molecule has 1 fully saturated rings. The van der Waals surface area contributed by atoms with Crippen LogP contribution in [0, 0.1) is 19.3 Å². The maximum atomic E-state index is 12.9. The van der Waals surface area contributed by atoms with Gasteiger partial charge >= 0.3 is 0 Å². The average molecular weight is 365 g/mol. The van der Waals surface area contributed by atoms with Gasteiger partial charge in [0, 0.05) is 19.6 Å². The van der Waals surface area contributed by atoms with Crippen molar-refractivity contribution in [2.45, 2.75) is 24.8 Å². The van der Waals surface area contributed by atoms with E-state index >= 15 is 0 Å². The van der Waals surface area contributed by atoms with Gasteiger partial charge < -0.3 is 9.32 Å². The van der Waals surface area contributed by atoms with Crippen LogP contribution in [0.2, 0.25) is 0 Å². The summed E-state index contributed by atoms with van der Waals surface area (Å²) in [5.41, 5.74) is 1.52. The number of aromatic nitrogens is 2. The van der Waals surface area contributed by atoms with Gasteiger partial charge in [-0.25, -0.2) is 8.42 Å². The number of carbonyl (C=O) groups excluding carboxylic acids is 1. The van der Waals surface area contributed by atoms with E-state index in [1.165, 1.54) is 15.3 Å². The maximum absolute atomic E-state index is 12.9. The Morgan fingerprint density at radius 1 is 1.36 bits per heavy atom. The third kappa shape index (κ3) is 3.22. The third-order valence-electron chi connectivity index (χ3n) is 4.18. The van der Waals surface area contributed by atoms with Crippen molar-refractivity contribution in [3.8, 4) is 0 Å². The highest BCUT2D eigenvalue weighted by Gasteiger charge is 2.35. The highest BCUT2D eigenvalue weighted by Crippen LogP contribution is 2.22. The van der Waals surface area contributed by atoms with Gasteiger partial charge in [-0.1, -0.05) is 22.5 Å². The molecule has 10 heteroatoms. The Labute approximate surface area is 144 Å². The summed E-state index contributed by atoms with van der Waals surface area (Å²) in [6.07, 6.45) is 2.00. The summed E-state index contributed by atoms with van der Waals surface area (Å²) >= 11 is 0. The van der Waals surface area contributed by atoms with Gasteiger partial charge in [0.15, 0.2) is 0 Å². The molecule has 0 bridgehead atoms. The molecule has 2 aromatic rings. The van der Waals surface area contributed by atoms with Gasteiger partial charge in [-0.15, -0.1) is 0 Å². The molecule has 0 spiro atoms. The second kappa shape index (κ2) is 6.45. The lowest BCUT2D eigenvalue weighted by molar-refractivity contribution is -0.766. The Morgan fingerprint density at radius 3 is 2.72 bits per heavy atom. The predicted molar refractivity (Wildman–Crippen MR) is 85.7 cm³/mol. The van der Waals surface area contributed by atoms with Crippen LogP contribution in [0.3, 0.4) is 0 Å². The molecule has 1 saturated heterocycles. The number of carbonyl (C=O) groups is 1. The molecule has 25 heavy (non-hydrogen) atoms. The van der Waals surface area contributed by atoms with E-state index in [1.54, 1.807) is 24.1 Å². The normalized spacial score (nSPS) is 19.1. The maximum Gasteiger partial charge on any atom is 0.286 e. The smallest absolute Gasteiger partial charge is 0.286 e. The zero-order valence-corrected chi connectivity index (χ0v) is 14.7. The molecular weight excluding hydrogens is 346 g/mol. The molecule has 1 aliphatic rings. The van der Waals surface area contributed by atoms with Crippen LogP contribution in [0.4, 0.5) is 0 Å². The minimum Gasteiger partial charge on any atom is -0.380 e. The van der Waals surface area contributed by atoms with Gasteiger partial charge in [-0.2, -0.15) is 4.31 Å². The number of rotatable bonds is 4. The monoisotopic (exact) mass is 365 g/mol. The second-order valence-electron chi connectivity index (χ2n) is 5.99. The average Bonchev–Trinajstić information content (AvgIpc) is 3.00. The first-order chi connectivity index (χ1) is 11.8. The van der Waals surface area contributed by atoms with Crippen molar-refractivity contribution in [1.29, 1.82) is 5.41 Å². The lowest BCUT2D eigenvalue weighted by atomic mass is 10.2. The number of hydrogen-bond donors (Lipinski definition) is 1. The number of sulfonamides is 1. The lowest BCUT2D eigenvalue weighted by Crippen LogP contribution is -2.71.